The van der Waals surface area contributed by atoms with Crippen molar-refractivity contribution in [1.82, 2.24) is 9.78 Å². The van der Waals surface area contributed by atoms with E-state index in [9.17, 15) is 9.59 Å². The summed E-state index contributed by atoms with van der Waals surface area (Å²) < 4.78 is 12.1. The topological polar surface area (TPSA) is 94.5 Å². The third kappa shape index (κ3) is 3.94. The summed E-state index contributed by atoms with van der Waals surface area (Å²) in [4.78, 5) is 25.6. The van der Waals surface area contributed by atoms with Crippen LogP contribution in [-0.4, -0.2) is 35.8 Å². The molecular formula is C22H21ClN4O4. The number of ether oxygens (including phenoxy) is 2. The average molecular weight is 441 g/mol. The van der Waals surface area contributed by atoms with Crippen molar-refractivity contribution >= 4 is 34.9 Å². The molecule has 1 unspecified atom stereocenters. The molecule has 0 spiro atoms. The van der Waals surface area contributed by atoms with Crippen molar-refractivity contribution in [2.75, 3.05) is 24.9 Å². The minimum atomic E-state index is -0.828. The molecule has 0 fully saturated rings. The number of methoxy groups -OCH3 is 2. The van der Waals surface area contributed by atoms with Crippen molar-refractivity contribution in [2.24, 2.45) is 0 Å². The van der Waals surface area contributed by atoms with Gasteiger partial charge in [0.15, 0.2) is 0 Å². The van der Waals surface area contributed by atoms with Gasteiger partial charge in [-0.3, -0.25) is 9.59 Å². The van der Waals surface area contributed by atoms with Crippen LogP contribution in [-0.2, 0) is 9.59 Å². The van der Waals surface area contributed by atoms with Crippen molar-refractivity contribution in [1.29, 1.82) is 0 Å². The van der Waals surface area contributed by atoms with Gasteiger partial charge in [0, 0.05) is 22.2 Å². The molecule has 8 nitrogen and oxygen atoms in total. The first kappa shape index (κ1) is 20.7. The van der Waals surface area contributed by atoms with Gasteiger partial charge in [0.1, 0.15) is 23.4 Å². The fourth-order valence-electron chi connectivity index (χ4n) is 3.58. The highest BCUT2D eigenvalue weighted by atomic mass is 35.5. The standard InChI is InChI=1S/C22H21ClN4O4/c1-12-20(13-5-4-6-14(23)9-13)26-27-17(11-19(28)25-21(12)27)22(29)24-16-10-15(30-2)7-8-18(16)31-3/h4-10,17H,11H2,1-3H3,(H,24,29)(H,25,28). The molecule has 2 amide bonds. The number of carbonyl (C=O) groups excluding carboxylic acids is 2. The second-order valence-electron chi connectivity index (χ2n) is 7.10. The van der Waals surface area contributed by atoms with Crippen LogP contribution < -0.4 is 20.1 Å². The second kappa shape index (κ2) is 8.31. The lowest BCUT2D eigenvalue weighted by Crippen LogP contribution is -2.36. The molecule has 0 aliphatic carbocycles. The van der Waals surface area contributed by atoms with Crippen LogP contribution >= 0.6 is 11.6 Å². The van der Waals surface area contributed by atoms with E-state index in [1.54, 1.807) is 35.0 Å². The number of hydrogen-bond donors (Lipinski definition) is 2. The smallest absolute Gasteiger partial charge is 0.249 e. The van der Waals surface area contributed by atoms with Gasteiger partial charge in [0.25, 0.3) is 0 Å². The number of benzene rings is 2. The molecule has 2 N–H and O–H groups in total. The molecule has 0 radical (unpaired) electrons. The third-order valence-corrected chi connectivity index (χ3v) is 5.38. The van der Waals surface area contributed by atoms with E-state index in [1.807, 2.05) is 19.1 Å². The zero-order valence-corrected chi connectivity index (χ0v) is 18.0. The number of amides is 2. The van der Waals surface area contributed by atoms with Gasteiger partial charge in [-0.1, -0.05) is 23.7 Å². The summed E-state index contributed by atoms with van der Waals surface area (Å²) in [6.45, 7) is 1.85. The van der Waals surface area contributed by atoms with Crippen molar-refractivity contribution in [2.45, 2.75) is 19.4 Å². The van der Waals surface area contributed by atoms with E-state index in [1.165, 1.54) is 14.2 Å². The lowest BCUT2D eigenvalue weighted by atomic mass is 10.1. The molecule has 1 aromatic heterocycles. The van der Waals surface area contributed by atoms with Gasteiger partial charge in [-0.2, -0.15) is 5.10 Å². The lowest BCUT2D eigenvalue weighted by Gasteiger charge is -2.24. The molecule has 3 aromatic rings. The van der Waals surface area contributed by atoms with Crippen LogP contribution in [0.3, 0.4) is 0 Å². The van der Waals surface area contributed by atoms with Gasteiger partial charge in [0.05, 0.1) is 32.0 Å². The summed E-state index contributed by atoms with van der Waals surface area (Å²) in [5, 5.41) is 10.9. The predicted molar refractivity (Wildman–Crippen MR) is 118 cm³/mol. The number of anilines is 2. The highest BCUT2D eigenvalue weighted by Crippen LogP contribution is 2.36. The first-order chi connectivity index (χ1) is 14.9. The van der Waals surface area contributed by atoms with Gasteiger partial charge in [-0.15, -0.1) is 0 Å². The average Bonchev–Trinajstić information content (AvgIpc) is 3.09. The van der Waals surface area contributed by atoms with Crippen LogP contribution in [0.2, 0.25) is 5.02 Å². The maximum Gasteiger partial charge on any atom is 0.249 e. The number of aromatic nitrogens is 2. The quantitative estimate of drug-likeness (QED) is 0.624. The van der Waals surface area contributed by atoms with E-state index in [2.05, 4.69) is 15.7 Å². The molecule has 160 valence electrons. The highest BCUT2D eigenvalue weighted by Gasteiger charge is 2.34. The monoisotopic (exact) mass is 440 g/mol. The summed E-state index contributed by atoms with van der Waals surface area (Å²) in [6.07, 6.45) is -0.0405. The van der Waals surface area contributed by atoms with Crippen LogP contribution in [0, 0.1) is 6.92 Å². The summed E-state index contributed by atoms with van der Waals surface area (Å²) in [5.74, 6) is 0.889. The molecule has 2 aromatic carbocycles. The number of nitrogens with zero attached hydrogens (tertiary/aromatic N) is 2. The summed E-state index contributed by atoms with van der Waals surface area (Å²) in [6, 6.07) is 11.5. The fourth-order valence-corrected chi connectivity index (χ4v) is 3.77. The summed E-state index contributed by atoms with van der Waals surface area (Å²) in [7, 11) is 3.05. The fraction of sp³-hybridized carbons (Fsp3) is 0.227. The van der Waals surface area contributed by atoms with E-state index < -0.39 is 6.04 Å². The van der Waals surface area contributed by atoms with Crippen molar-refractivity contribution in [3.8, 4) is 22.8 Å². The summed E-state index contributed by atoms with van der Waals surface area (Å²) >= 11 is 6.13. The SMILES string of the molecule is COc1ccc(OC)c(NC(=O)C2CC(=O)Nc3c(C)c(-c4cccc(Cl)c4)nn32)c1. The maximum absolute atomic E-state index is 13.2. The number of nitrogens with one attached hydrogen (secondary N) is 2. The number of fused-ring (bicyclic) bond motifs is 1. The van der Waals surface area contributed by atoms with E-state index in [0.29, 0.717) is 33.7 Å². The third-order valence-electron chi connectivity index (χ3n) is 5.14. The zero-order valence-electron chi connectivity index (χ0n) is 17.2. The van der Waals surface area contributed by atoms with Crippen molar-refractivity contribution < 1.29 is 19.1 Å². The number of carbonyl (C=O) groups is 2. The Balaban J connectivity index is 1.71. The highest BCUT2D eigenvalue weighted by molar-refractivity contribution is 6.30. The molecule has 0 bridgehead atoms. The van der Waals surface area contributed by atoms with Crippen LogP contribution in [0.4, 0.5) is 11.5 Å². The van der Waals surface area contributed by atoms with Gasteiger partial charge < -0.3 is 20.1 Å². The van der Waals surface area contributed by atoms with Gasteiger partial charge in [-0.25, -0.2) is 4.68 Å². The Morgan fingerprint density at radius 1 is 1.23 bits per heavy atom. The molecule has 1 aliphatic rings. The second-order valence-corrected chi connectivity index (χ2v) is 7.54. The molecule has 31 heavy (non-hydrogen) atoms. The van der Waals surface area contributed by atoms with Crippen LogP contribution in [0.5, 0.6) is 11.5 Å². The maximum atomic E-state index is 13.2. The van der Waals surface area contributed by atoms with E-state index in [0.717, 1.165) is 11.1 Å². The molecule has 2 heterocycles. The number of rotatable bonds is 5. The molecule has 9 heteroatoms. The Labute approximate surface area is 184 Å². The molecule has 1 atom stereocenters. The van der Waals surface area contributed by atoms with Gasteiger partial charge in [0.2, 0.25) is 11.8 Å². The van der Waals surface area contributed by atoms with Crippen LogP contribution in [0.1, 0.15) is 18.0 Å². The molecule has 0 saturated heterocycles. The Morgan fingerprint density at radius 2 is 2.03 bits per heavy atom. The Bertz CT molecular complexity index is 1170. The van der Waals surface area contributed by atoms with Crippen molar-refractivity contribution in [3.63, 3.8) is 0 Å². The van der Waals surface area contributed by atoms with Gasteiger partial charge in [-0.05, 0) is 31.2 Å². The van der Waals surface area contributed by atoms with E-state index in [-0.39, 0.29) is 18.2 Å². The minimum absolute atomic E-state index is 0.0405. The largest absolute Gasteiger partial charge is 0.497 e. The normalized spacial score (nSPS) is 15.1. The van der Waals surface area contributed by atoms with Gasteiger partial charge >= 0.3 is 0 Å². The molecular weight excluding hydrogens is 420 g/mol. The van der Waals surface area contributed by atoms with Crippen LogP contribution in [0.15, 0.2) is 42.5 Å². The number of halogens is 1. The Morgan fingerprint density at radius 3 is 2.74 bits per heavy atom. The van der Waals surface area contributed by atoms with E-state index >= 15 is 0 Å². The van der Waals surface area contributed by atoms with E-state index in [4.69, 9.17) is 21.1 Å². The predicted octanol–water partition coefficient (Wildman–Crippen LogP) is 4.05. The minimum Gasteiger partial charge on any atom is -0.497 e. The Kier molecular flexibility index (Phi) is 5.56. The zero-order chi connectivity index (χ0) is 22.1. The number of hydrogen-bond acceptors (Lipinski definition) is 5. The van der Waals surface area contributed by atoms with Crippen LogP contribution in [0.25, 0.3) is 11.3 Å². The molecule has 1 aliphatic heterocycles. The molecule has 0 saturated carbocycles. The van der Waals surface area contributed by atoms with Crippen molar-refractivity contribution in [3.05, 3.63) is 53.1 Å². The summed E-state index contributed by atoms with van der Waals surface area (Å²) in [5.41, 5.74) is 2.65. The Hall–Kier alpha value is -3.52. The molecule has 4 rings (SSSR count). The first-order valence-electron chi connectivity index (χ1n) is 9.59. The first-order valence-corrected chi connectivity index (χ1v) is 9.97. The lowest BCUT2D eigenvalue weighted by molar-refractivity contribution is -0.125.